The lowest BCUT2D eigenvalue weighted by molar-refractivity contribution is -0.122. The van der Waals surface area contributed by atoms with Crippen LogP contribution in [0.2, 0.25) is 0 Å². The third kappa shape index (κ3) is 4.77. The normalized spacial score (nSPS) is 28.7. The topological polar surface area (TPSA) is 41.1 Å². The maximum atomic E-state index is 11.9. The quantitative estimate of drug-likeness (QED) is 0.827. The maximum absolute atomic E-state index is 11.9. The number of halogens is 1. The molecule has 0 spiro atoms. The largest absolute Gasteiger partial charge is 0.352 e. The predicted molar refractivity (Wildman–Crippen MR) is 77.0 cm³/mol. The Morgan fingerprint density at radius 2 is 2.00 bits per heavy atom. The molecule has 1 saturated carbocycles. The summed E-state index contributed by atoms with van der Waals surface area (Å²) in [6, 6.07) is 0.347. The van der Waals surface area contributed by atoms with Gasteiger partial charge in [-0.05, 0) is 31.2 Å². The Morgan fingerprint density at radius 1 is 1.28 bits per heavy atom. The third-order valence-corrected chi connectivity index (χ3v) is 4.43. The molecule has 3 nitrogen and oxygen atoms in total. The van der Waals surface area contributed by atoms with E-state index < -0.39 is 0 Å². The molecule has 2 rings (SSSR count). The van der Waals surface area contributed by atoms with Crippen molar-refractivity contribution in [1.29, 1.82) is 0 Å². The van der Waals surface area contributed by atoms with E-state index in [1.807, 2.05) is 0 Å². The van der Waals surface area contributed by atoms with Crippen LogP contribution in [-0.2, 0) is 4.79 Å². The van der Waals surface area contributed by atoms with Crippen LogP contribution in [0.4, 0.5) is 0 Å². The lowest BCUT2D eigenvalue weighted by atomic mass is 9.94. The van der Waals surface area contributed by atoms with Crippen molar-refractivity contribution < 1.29 is 4.79 Å². The summed E-state index contributed by atoms with van der Waals surface area (Å²) in [7, 11) is 0. The number of nitrogens with one attached hydrogen (secondary N) is 2. The fourth-order valence-electron chi connectivity index (χ4n) is 3.10. The standard InChI is InChI=1S/C14H26N2O.ClH/c1-11-8-9-15-10-13(11)16-14(17)7-6-12-4-2-3-5-12;/h11-13,15H,2-10H2,1H3,(H,16,17);1H. The summed E-state index contributed by atoms with van der Waals surface area (Å²) < 4.78 is 0. The Labute approximate surface area is 117 Å². The van der Waals surface area contributed by atoms with Gasteiger partial charge in [-0.1, -0.05) is 32.6 Å². The molecule has 0 aromatic carbocycles. The summed E-state index contributed by atoms with van der Waals surface area (Å²) in [4.78, 5) is 11.9. The van der Waals surface area contributed by atoms with Crippen molar-refractivity contribution in [2.45, 2.75) is 57.9 Å². The molecule has 1 aliphatic carbocycles. The zero-order valence-electron chi connectivity index (χ0n) is 11.4. The van der Waals surface area contributed by atoms with Crippen LogP contribution in [0.25, 0.3) is 0 Å². The first-order chi connectivity index (χ1) is 8.25. The van der Waals surface area contributed by atoms with E-state index in [1.165, 1.54) is 32.1 Å². The lowest BCUT2D eigenvalue weighted by Gasteiger charge is -2.30. The SMILES string of the molecule is CC1CCNCC1NC(=O)CCC1CCCC1.Cl. The van der Waals surface area contributed by atoms with E-state index in [2.05, 4.69) is 17.6 Å². The van der Waals surface area contributed by atoms with Crippen LogP contribution >= 0.6 is 12.4 Å². The molecule has 4 heteroatoms. The summed E-state index contributed by atoms with van der Waals surface area (Å²) in [5.41, 5.74) is 0. The van der Waals surface area contributed by atoms with Gasteiger partial charge in [0.05, 0.1) is 0 Å². The van der Waals surface area contributed by atoms with Crippen LogP contribution in [0.3, 0.4) is 0 Å². The van der Waals surface area contributed by atoms with Crippen molar-refractivity contribution in [3.8, 4) is 0 Å². The van der Waals surface area contributed by atoms with Crippen LogP contribution < -0.4 is 10.6 Å². The summed E-state index contributed by atoms with van der Waals surface area (Å²) in [6.45, 7) is 4.27. The van der Waals surface area contributed by atoms with Gasteiger partial charge < -0.3 is 10.6 Å². The van der Waals surface area contributed by atoms with Gasteiger partial charge in [0.1, 0.15) is 0 Å². The number of amides is 1. The molecule has 2 fully saturated rings. The highest BCUT2D eigenvalue weighted by Gasteiger charge is 2.23. The minimum Gasteiger partial charge on any atom is -0.352 e. The molecule has 0 aromatic rings. The first kappa shape index (κ1) is 15.8. The Bertz CT molecular complexity index is 254. The first-order valence-electron chi connectivity index (χ1n) is 7.26. The van der Waals surface area contributed by atoms with Crippen molar-refractivity contribution in [2.24, 2.45) is 11.8 Å². The highest BCUT2D eigenvalue weighted by molar-refractivity contribution is 5.85. The molecule has 1 saturated heterocycles. The first-order valence-corrected chi connectivity index (χ1v) is 7.26. The van der Waals surface area contributed by atoms with Crippen molar-refractivity contribution in [3.63, 3.8) is 0 Å². The van der Waals surface area contributed by atoms with Crippen LogP contribution in [0.5, 0.6) is 0 Å². The van der Waals surface area contributed by atoms with Crippen molar-refractivity contribution in [2.75, 3.05) is 13.1 Å². The predicted octanol–water partition coefficient (Wildman–Crippen LogP) is 2.49. The van der Waals surface area contributed by atoms with Crippen molar-refractivity contribution in [1.82, 2.24) is 10.6 Å². The minimum atomic E-state index is 0. The number of carbonyl (C=O) groups is 1. The molecule has 0 aromatic heterocycles. The molecule has 106 valence electrons. The summed E-state index contributed by atoms with van der Waals surface area (Å²) >= 11 is 0. The van der Waals surface area contributed by atoms with Gasteiger partial charge in [0, 0.05) is 19.0 Å². The zero-order valence-corrected chi connectivity index (χ0v) is 12.2. The minimum absolute atomic E-state index is 0. The number of piperidine rings is 1. The molecular formula is C14H27ClN2O. The van der Waals surface area contributed by atoms with Crippen molar-refractivity contribution in [3.05, 3.63) is 0 Å². The van der Waals surface area contributed by atoms with Gasteiger partial charge in [0.15, 0.2) is 0 Å². The van der Waals surface area contributed by atoms with E-state index in [-0.39, 0.29) is 18.3 Å². The number of carbonyl (C=O) groups excluding carboxylic acids is 1. The molecule has 2 atom stereocenters. The smallest absolute Gasteiger partial charge is 0.220 e. The molecule has 18 heavy (non-hydrogen) atoms. The van der Waals surface area contributed by atoms with Crippen LogP contribution in [0.15, 0.2) is 0 Å². The number of hydrogen-bond donors (Lipinski definition) is 2. The second-order valence-electron chi connectivity index (χ2n) is 5.83. The van der Waals surface area contributed by atoms with Crippen LogP contribution in [0, 0.1) is 11.8 Å². The van der Waals surface area contributed by atoms with E-state index in [9.17, 15) is 4.79 Å². The van der Waals surface area contributed by atoms with Gasteiger partial charge in [-0.25, -0.2) is 0 Å². The molecule has 1 heterocycles. The molecule has 2 aliphatic rings. The Morgan fingerprint density at radius 3 is 2.67 bits per heavy atom. The van der Waals surface area contributed by atoms with Gasteiger partial charge in [0.2, 0.25) is 5.91 Å². The third-order valence-electron chi connectivity index (χ3n) is 4.43. The lowest BCUT2D eigenvalue weighted by Crippen LogP contribution is -2.50. The van der Waals surface area contributed by atoms with E-state index in [4.69, 9.17) is 0 Å². The average Bonchev–Trinajstić information content (AvgIpc) is 2.82. The van der Waals surface area contributed by atoms with E-state index >= 15 is 0 Å². The fourth-order valence-corrected chi connectivity index (χ4v) is 3.10. The van der Waals surface area contributed by atoms with Crippen LogP contribution in [-0.4, -0.2) is 25.0 Å². The fraction of sp³-hybridized carbons (Fsp3) is 0.929. The van der Waals surface area contributed by atoms with Gasteiger partial charge in [-0.3, -0.25) is 4.79 Å². The summed E-state index contributed by atoms with van der Waals surface area (Å²) in [6.07, 6.45) is 8.43. The number of rotatable bonds is 4. The molecule has 1 amide bonds. The molecule has 2 N–H and O–H groups in total. The highest BCUT2D eigenvalue weighted by Crippen LogP contribution is 2.28. The average molecular weight is 275 g/mol. The molecule has 1 aliphatic heterocycles. The van der Waals surface area contributed by atoms with Gasteiger partial charge in [0.25, 0.3) is 0 Å². The molecule has 0 bridgehead atoms. The monoisotopic (exact) mass is 274 g/mol. The van der Waals surface area contributed by atoms with E-state index in [0.717, 1.165) is 31.8 Å². The number of hydrogen-bond acceptors (Lipinski definition) is 2. The highest BCUT2D eigenvalue weighted by atomic mass is 35.5. The summed E-state index contributed by atoms with van der Waals surface area (Å²) in [5.74, 6) is 1.70. The second-order valence-corrected chi connectivity index (χ2v) is 5.83. The zero-order chi connectivity index (χ0) is 12.1. The van der Waals surface area contributed by atoms with Crippen molar-refractivity contribution >= 4 is 18.3 Å². The van der Waals surface area contributed by atoms with Crippen LogP contribution in [0.1, 0.15) is 51.9 Å². The van der Waals surface area contributed by atoms with E-state index in [1.54, 1.807) is 0 Å². The maximum Gasteiger partial charge on any atom is 0.220 e. The summed E-state index contributed by atoms with van der Waals surface area (Å²) in [5, 5.41) is 6.54. The Hall–Kier alpha value is -0.280. The van der Waals surface area contributed by atoms with Gasteiger partial charge in [-0.15, -0.1) is 12.4 Å². The Kier molecular flexibility index (Phi) is 7.02. The van der Waals surface area contributed by atoms with Gasteiger partial charge >= 0.3 is 0 Å². The Balaban J connectivity index is 0.00000162. The van der Waals surface area contributed by atoms with E-state index in [0.29, 0.717) is 12.0 Å². The molecular weight excluding hydrogens is 248 g/mol. The molecule has 2 unspecified atom stereocenters. The molecule has 0 radical (unpaired) electrons. The van der Waals surface area contributed by atoms with Gasteiger partial charge in [-0.2, -0.15) is 0 Å². The second kappa shape index (κ2) is 8.00.